The zero-order chi connectivity index (χ0) is 13.3. The van der Waals surface area contributed by atoms with Gasteiger partial charge in [0.25, 0.3) is 0 Å². The van der Waals surface area contributed by atoms with Crippen molar-refractivity contribution in [2.45, 2.75) is 43.6 Å². The first kappa shape index (κ1) is 12.3. The van der Waals surface area contributed by atoms with E-state index in [-0.39, 0.29) is 17.2 Å². The van der Waals surface area contributed by atoms with Crippen LogP contribution in [0.2, 0.25) is 0 Å². The van der Waals surface area contributed by atoms with E-state index in [9.17, 15) is 4.39 Å². The first-order chi connectivity index (χ1) is 9.25. The third-order valence-corrected chi connectivity index (χ3v) is 4.17. The summed E-state index contributed by atoms with van der Waals surface area (Å²) in [5.74, 6) is -0.310. The van der Waals surface area contributed by atoms with Crippen molar-refractivity contribution >= 4 is 12.4 Å². The molecule has 1 saturated carbocycles. The summed E-state index contributed by atoms with van der Waals surface area (Å²) >= 11 is 0. The van der Waals surface area contributed by atoms with E-state index < -0.39 is 5.82 Å². The smallest absolute Gasteiger partial charge is 0.150 e. The van der Waals surface area contributed by atoms with Gasteiger partial charge in [-0.05, 0) is 25.0 Å². The van der Waals surface area contributed by atoms with Crippen molar-refractivity contribution in [2.75, 3.05) is 0 Å². The summed E-state index contributed by atoms with van der Waals surface area (Å²) in [6.45, 7) is 0. The van der Waals surface area contributed by atoms with Crippen molar-refractivity contribution in [1.82, 2.24) is 4.98 Å². The highest BCUT2D eigenvalue weighted by Crippen LogP contribution is 2.46. The Kier molecular flexibility index (Phi) is 3.05. The van der Waals surface area contributed by atoms with Crippen LogP contribution in [0.5, 0.6) is 0 Å². The second-order valence-corrected chi connectivity index (χ2v) is 5.27. The lowest BCUT2D eigenvalue weighted by Gasteiger charge is -2.44. The van der Waals surface area contributed by atoms with Gasteiger partial charge in [-0.15, -0.1) is 0 Å². The van der Waals surface area contributed by atoms with Gasteiger partial charge in [0.15, 0.2) is 5.82 Å². The summed E-state index contributed by atoms with van der Waals surface area (Å²) in [5, 5.41) is 11.4. The van der Waals surface area contributed by atoms with Crippen molar-refractivity contribution in [1.29, 1.82) is 0 Å². The molecule has 1 N–H and O–H groups in total. The van der Waals surface area contributed by atoms with Crippen LogP contribution in [-0.2, 0) is 0 Å². The molecule has 1 aliphatic heterocycles. The van der Waals surface area contributed by atoms with Gasteiger partial charge >= 0.3 is 0 Å². The molecule has 19 heavy (non-hydrogen) atoms. The van der Waals surface area contributed by atoms with Gasteiger partial charge in [-0.1, -0.05) is 24.4 Å². The molecule has 1 fully saturated rings. The number of aliphatic imine (C=N–C) groups is 1. The summed E-state index contributed by atoms with van der Waals surface area (Å²) in [6, 6.07) is 3.08. The summed E-state index contributed by atoms with van der Waals surface area (Å²) < 4.78 is 13.5. The monoisotopic (exact) mass is 261 g/mol. The van der Waals surface area contributed by atoms with Gasteiger partial charge in [-0.2, -0.15) is 0 Å². The zero-order valence-electron chi connectivity index (χ0n) is 10.6. The molecular weight excluding hydrogens is 245 g/mol. The lowest BCUT2D eigenvalue weighted by atomic mass is 9.68. The maximum Gasteiger partial charge on any atom is 0.150 e. The van der Waals surface area contributed by atoms with Gasteiger partial charge in [0, 0.05) is 6.21 Å². The van der Waals surface area contributed by atoms with Crippen LogP contribution in [0.25, 0.3) is 0 Å². The minimum absolute atomic E-state index is 0.0172. The van der Waals surface area contributed by atoms with Crippen LogP contribution < -0.4 is 0 Å². The van der Waals surface area contributed by atoms with Gasteiger partial charge in [-0.3, -0.25) is 4.99 Å². The van der Waals surface area contributed by atoms with Gasteiger partial charge in [0.05, 0.1) is 23.4 Å². The van der Waals surface area contributed by atoms with Crippen molar-refractivity contribution in [3.63, 3.8) is 0 Å². The van der Waals surface area contributed by atoms with E-state index in [1.807, 2.05) is 6.21 Å². The third-order valence-electron chi connectivity index (χ3n) is 4.17. The van der Waals surface area contributed by atoms with E-state index in [1.54, 1.807) is 6.07 Å². The molecule has 100 valence electrons. The lowest BCUT2D eigenvalue weighted by molar-refractivity contribution is 0.257. The predicted octanol–water partition coefficient (Wildman–Crippen LogP) is 2.90. The molecule has 1 unspecified atom stereocenters. The zero-order valence-corrected chi connectivity index (χ0v) is 10.6. The highest BCUT2D eigenvalue weighted by molar-refractivity contribution is 5.79. The van der Waals surface area contributed by atoms with Crippen LogP contribution in [0.3, 0.4) is 0 Å². The Morgan fingerprint density at radius 3 is 2.74 bits per heavy atom. The first-order valence-electron chi connectivity index (χ1n) is 6.64. The van der Waals surface area contributed by atoms with Crippen LogP contribution >= 0.6 is 0 Å². The Morgan fingerprint density at radius 2 is 2.11 bits per heavy atom. The molecule has 1 spiro atoms. The number of halogens is 1. The minimum Gasteiger partial charge on any atom is -0.411 e. The maximum atomic E-state index is 13.5. The molecule has 1 aromatic rings. The minimum atomic E-state index is -0.476. The van der Waals surface area contributed by atoms with Crippen molar-refractivity contribution in [3.05, 3.63) is 29.3 Å². The Hall–Kier alpha value is -1.78. The number of nitrogens with zero attached hydrogens (tertiary/aromatic N) is 3. The summed E-state index contributed by atoms with van der Waals surface area (Å²) in [5.41, 5.74) is 0.871. The molecule has 0 bridgehead atoms. The maximum absolute atomic E-state index is 13.5. The number of hydrogen-bond acceptors (Lipinski definition) is 4. The molecule has 1 aliphatic carbocycles. The van der Waals surface area contributed by atoms with Gasteiger partial charge < -0.3 is 5.21 Å². The van der Waals surface area contributed by atoms with Gasteiger partial charge in [-0.25, -0.2) is 9.37 Å². The second kappa shape index (κ2) is 4.72. The van der Waals surface area contributed by atoms with E-state index in [0.29, 0.717) is 0 Å². The van der Waals surface area contributed by atoms with E-state index >= 15 is 0 Å². The number of oxime groups is 1. The molecule has 0 amide bonds. The Morgan fingerprint density at radius 1 is 1.32 bits per heavy atom. The van der Waals surface area contributed by atoms with Crippen LogP contribution in [0.1, 0.15) is 49.4 Å². The molecule has 2 heterocycles. The van der Waals surface area contributed by atoms with Crippen LogP contribution in [0, 0.1) is 5.82 Å². The van der Waals surface area contributed by atoms with Crippen molar-refractivity contribution < 1.29 is 9.60 Å². The number of aromatic nitrogens is 1. The molecule has 0 aromatic carbocycles. The molecule has 4 nitrogen and oxygen atoms in total. The van der Waals surface area contributed by atoms with Gasteiger partial charge in [0.2, 0.25) is 0 Å². The largest absolute Gasteiger partial charge is 0.411 e. The van der Waals surface area contributed by atoms with E-state index in [1.165, 1.54) is 25.3 Å². The molecule has 5 heteroatoms. The number of rotatable bonds is 2. The topological polar surface area (TPSA) is 57.8 Å². The molecule has 1 aromatic heterocycles. The Labute approximate surface area is 111 Å². The molecule has 3 rings (SSSR count). The van der Waals surface area contributed by atoms with Crippen molar-refractivity contribution in [3.8, 4) is 0 Å². The molecule has 0 radical (unpaired) electrons. The number of pyridine rings is 1. The second-order valence-electron chi connectivity index (χ2n) is 5.27. The summed E-state index contributed by atoms with van der Waals surface area (Å²) in [4.78, 5) is 8.83. The standard InChI is InChI=1S/C14H16FN3O/c15-11-4-5-12(18-13(11)9-17-19)10-8-16-14(10)6-2-1-3-7-14/h4-5,8-10,19H,1-3,6-7H2/b17-9+. The van der Waals surface area contributed by atoms with Crippen LogP contribution in [0.15, 0.2) is 22.3 Å². The fourth-order valence-electron chi connectivity index (χ4n) is 3.11. The molecule has 2 aliphatic rings. The molecule has 0 saturated heterocycles. The average molecular weight is 261 g/mol. The van der Waals surface area contributed by atoms with Crippen molar-refractivity contribution in [2.24, 2.45) is 10.1 Å². The number of hydrogen-bond donors (Lipinski definition) is 1. The SMILES string of the molecule is O/N=C/c1nc(C2C=NC23CCCCC3)ccc1F. The Balaban J connectivity index is 1.91. The fourth-order valence-corrected chi connectivity index (χ4v) is 3.11. The average Bonchev–Trinajstić information content (AvgIpc) is 2.42. The fraction of sp³-hybridized carbons (Fsp3) is 0.500. The third kappa shape index (κ3) is 2.03. The highest BCUT2D eigenvalue weighted by atomic mass is 19.1. The molecular formula is C14H16FN3O. The normalized spacial score (nSPS) is 24.8. The summed E-state index contributed by atoms with van der Waals surface area (Å²) in [7, 11) is 0. The van der Waals surface area contributed by atoms with E-state index in [2.05, 4.69) is 15.1 Å². The predicted molar refractivity (Wildman–Crippen MR) is 70.6 cm³/mol. The van der Waals surface area contributed by atoms with Crippen LogP contribution in [0.4, 0.5) is 4.39 Å². The quantitative estimate of drug-likeness (QED) is 0.505. The summed E-state index contributed by atoms with van der Waals surface area (Å²) in [6.07, 6.45) is 8.75. The van der Waals surface area contributed by atoms with Gasteiger partial charge in [0.1, 0.15) is 5.69 Å². The van der Waals surface area contributed by atoms with Crippen LogP contribution in [-0.4, -0.2) is 28.2 Å². The van der Waals surface area contributed by atoms with E-state index in [0.717, 1.165) is 24.8 Å². The lowest BCUT2D eigenvalue weighted by Crippen LogP contribution is -2.44. The first-order valence-corrected chi connectivity index (χ1v) is 6.64. The Bertz CT molecular complexity index is 535. The highest BCUT2D eigenvalue weighted by Gasteiger charge is 2.45. The van der Waals surface area contributed by atoms with E-state index in [4.69, 9.17) is 5.21 Å². The molecule has 1 atom stereocenters.